The zero-order valence-electron chi connectivity index (χ0n) is 17.6. The van der Waals surface area contributed by atoms with Crippen molar-refractivity contribution in [2.24, 2.45) is 28.6 Å². The van der Waals surface area contributed by atoms with E-state index in [1.807, 2.05) is 6.08 Å². The molecular formula is C24H31BrO4. The first-order chi connectivity index (χ1) is 13.7. The zero-order chi connectivity index (χ0) is 21.0. The lowest BCUT2D eigenvalue weighted by atomic mass is 9.46. The van der Waals surface area contributed by atoms with E-state index in [0.29, 0.717) is 35.9 Å². The molecule has 0 heterocycles. The molecule has 0 aromatic rings. The van der Waals surface area contributed by atoms with Gasteiger partial charge >= 0.3 is 5.97 Å². The molecule has 0 saturated heterocycles. The number of ketones is 2. The van der Waals surface area contributed by atoms with Gasteiger partial charge in [-0.05, 0) is 79.3 Å². The van der Waals surface area contributed by atoms with Crippen molar-refractivity contribution in [1.82, 2.24) is 0 Å². The lowest BCUT2D eigenvalue weighted by molar-refractivity contribution is -0.148. The van der Waals surface area contributed by atoms with Crippen LogP contribution < -0.4 is 0 Å². The molecule has 0 aliphatic heterocycles. The smallest absolute Gasteiger partial charge is 0.307 e. The van der Waals surface area contributed by atoms with Crippen molar-refractivity contribution in [1.29, 1.82) is 0 Å². The van der Waals surface area contributed by atoms with Crippen LogP contribution >= 0.6 is 15.9 Å². The summed E-state index contributed by atoms with van der Waals surface area (Å²) in [6, 6.07) is 0. The molecule has 0 radical (unpaired) electrons. The lowest BCUT2D eigenvalue weighted by Gasteiger charge is -2.57. The van der Waals surface area contributed by atoms with Crippen molar-refractivity contribution in [2.45, 2.75) is 71.8 Å². The molecule has 0 aromatic carbocycles. The van der Waals surface area contributed by atoms with Crippen molar-refractivity contribution in [3.05, 3.63) is 23.3 Å². The van der Waals surface area contributed by atoms with Gasteiger partial charge in [0.1, 0.15) is 6.10 Å². The Labute approximate surface area is 181 Å². The average Bonchev–Trinajstić information content (AvgIpc) is 3.01. The fraction of sp³-hybridized carbons (Fsp3) is 0.708. The Bertz CT molecular complexity index is 812. The number of halogens is 1. The van der Waals surface area contributed by atoms with Gasteiger partial charge in [-0.3, -0.25) is 14.4 Å². The molecule has 0 N–H and O–H groups in total. The van der Waals surface area contributed by atoms with Gasteiger partial charge in [0, 0.05) is 17.3 Å². The molecule has 4 rings (SSSR count). The predicted molar refractivity (Wildman–Crippen MR) is 115 cm³/mol. The van der Waals surface area contributed by atoms with E-state index in [4.69, 9.17) is 4.74 Å². The second-order valence-electron chi connectivity index (χ2n) is 9.87. The lowest BCUT2D eigenvalue weighted by Crippen LogP contribution is -2.53. The first-order valence-electron chi connectivity index (χ1n) is 10.9. The van der Waals surface area contributed by atoms with Gasteiger partial charge in [-0.15, -0.1) is 0 Å². The van der Waals surface area contributed by atoms with Crippen molar-refractivity contribution in [3.63, 3.8) is 0 Å². The summed E-state index contributed by atoms with van der Waals surface area (Å²) in [4.78, 5) is 37.4. The molecule has 0 spiro atoms. The van der Waals surface area contributed by atoms with Crippen molar-refractivity contribution < 1.29 is 19.1 Å². The Morgan fingerprint density at radius 2 is 1.90 bits per heavy atom. The van der Waals surface area contributed by atoms with E-state index in [2.05, 4.69) is 35.9 Å². The molecule has 0 unspecified atom stereocenters. The molecule has 2 fully saturated rings. The molecule has 5 heteroatoms. The third kappa shape index (κ3) is 3.28. The van der Waals surface area contributed by atoms with Crippen LogP contribution in [0.2, 0.25) is 0 Å². The molecular weight excluding hydrogens is 432 g/mol. The van der Waals surface area contributed by atoms with Gasteiger partial charge in [-0.25, -0.2) is 0 Å². The Morgan fingerprint density at radius 1 is 1.17 bits per heavy atom. The van der Waals surface area contributed by atoms with Gasteiger partial charge in [-0.2, -0.15) is 0 Å². The van der Waals surface area contributed by atoms with E-state index in [-0.39, 0.29) is 34.5 Å². The van der Waals surface area contributed by atoms with Gasteiger partial charge in [-0.1, -0.05) is 35.9 Å². The summed E-state index contributed by atoms with van der Waals surface area (Å²) in [5, 5.41) is 0.589. The Morgan fingerprint density at radius 3 is 2.59 bits per heavy atom. The molecule has 158 valence electrons. The summed E-state index contributed by atoms with van der Waals surface area (Å²) in [6.07, 6.45) is 9.39. The summed E-state index contributed by atoms with van der Waals surface area (Å²) in [5.74, 6) is 1.38. The van der Waals surface area contributed by atoms with Crippen LogP contribution in [0.25, 0.3) is 0 Å². The van der Waals surface area contributed by atoms with E-state index in [1.165, 1.54) is 0 Å². The minimum absolute atomic E-state index is 0.0761. The normalized spacial score (nSPS) is 40.9. The quantitative estimate of drug-likeness (QED) is 0.437. The number of hydrogen-bond donors (Lipinski definition) is 0. The van der Waals surface area contributed by atoms with Crippen molar-refractivity contribution >= 4 is 33.5 Å². The Balaban J connectivity index is 1.59. The Hall–Kier alpha value is -1.23. The highest BCUT2D eigenvalue weighted by Crippen LogP contribution is 2.64. The summed E-state index contributed by atoms with van der Waals surface area (Å²) in [5.41, 5.74) is 1.66. The van der Waals surface area contributed by atoms with Crippen LogP contribution in [0, 0.1) is 28.6 Å². The second-order valence-corrected chi connectivity index (χ2v) is 10.7. The average molecular weight is 463 g/mol. The Kier molecular flexibility index (Phi) is 5.42. The van der Waals surface area contributed by atoms with Gasteiger partial charge in [0.2, 0.25) is 0 Å². The number of esters is 1. The van der Waals surface area contributed by atoms with Gasteiger partial charge in [0.15, 0.2) is 11.6 Å². The number of fused-ring (bicyclic) bond motifs is 5. The standard InChI is InChI=1S/C24H31BrO4/c1-14(26)17-4-5-18-16-13-21(27)20-12-15(29-22(28)8-11-25)6-9-24(20,3)19(16)7-10-23(17,18)2/h4,12,15-16,18-19H,5-11,13H2,1-3H3/t15-,16-,18-,19-,23+,24+/m0/s1. The van der Waals surface area contributed by atoms with Crippen LogP contribution in [0.4, 0.5) is 0 Å². The predicted octanol–water partition coefficient (Wildman–Crippen LogP) is 4.95. The first kappa shape index (κ1) is 21.0. The molecule has 29 heavy (non-hydrogen) atoms. The maximum absolute atomic E-state index is 13.3. The number of carbonyl (C=O) groups is 3. The van der Waals surface area contributed by atoms with Gasteiger partial charge in [0.05, 0.1) is 6.42 Å². The van der Waals surface area contributed by atoms with E-state index in [0.717, 1.165) is 43.3 Å². The third-order valence-electron chi connectivity index (χ3n) is 8.43. The second kappa shape index (κ2) is 7.47. The SMILES string of the molecule is CC(=O)C1=CC[C@H]2[C@@H]3CC(=O)C4=C[C@@H](OC(=O)CCBr)CC[C@]4(C)[C@H]3CC[C@]12C. The van der Waals surface area contributed by atoms with Crippen LogP contribution in [-0.4, -0.2) is 29.0 Å². The summed E-state index contributed by atoms with van der Waals surface area (Å²) in [7, 11) is 0. The number of alkyl halides is 1. The molecule has 2 saturated carbocycles. The highest BCUT2D eigenvalue weighted by atomic mass is 79.9. The topological polar surface area (TPSA) is 60.4 Å². The molecule has 4 aliphatic rings. The molecule has 4 nitrogen and oxygen atoms in total. The van der Waals surface area contributed by atoms with Crippen molar-refractivity contribution in [2.75, 3.05) is 5.33 Å². The minimum Gasteiger partial charge on any atom is -0.458 e. The van der Waals surface area contributed by atoms with Crippen LogP contribution in [-0.2, 0) is 19.1 Å². The van der Waals surface area contributed by atoms with E-state index in [1.54, 1.807) is 6.92 Å². The van der Waals surface area contributed by atoms with E-state index >= 15 is 0 Å². The zero-order valence-corrected chi connectivity index (χ0v) is 19.2. The van der Waals surface area contributed by atoms with Crippen LogP contribution in [0.1, 0.15) is 65.7 Å². The fourth-order valence-electron chi connectivity index (χ4n) is 7.03. The van der Waals surface area contributed by atoms with Crippen LogP contribution in [0.15, 0.2) is 23.3 Å². The minimum atomic E-state index is -0.281. The fourth-order valence-corrected chi connectivity index (χ4v) is 7.36. The van der Waals surface area contributed by atoms with Gasteiger partial charge in [0.25, 0.3) is 0 Å². The number of allylic oxidation sites excluding steroid dienone is 3. The number of hydrogen-bond acceptors (Lipinski definition) is 4. The molecule has 0 amide bonds. The highest BCUT2D eigenvalue weighted by molar-refractivity contribution is 9.09. The van der Waals surface area contributed by atoms with Crippen LogP contribution in [0.3, 0.4) is 0 Å². The first-order valence-corrected chi connectivity index (χ1v) is 12.1. The van der Waals surface area contributed by atoms with E-state index < -0.39 is 0 Å². The monoisotopic (exact) mass is 462 g/mol. The van der Waals surface area contributed by atoms with Crippen molar-refractivity contribution in [3.8, 4) is 0 Å². The molecule has 4 aliphatic carbocycles. The maximum Gasteiger partial charge on any atom is 0.307 e. The summed E-state index contributed by atoms with van der Waals surface area (Å²) < 4.78 is 5.59. The summed E-state index contributed by atoms with van der Waals surface area (Å²) in [6.45, 7) is 6.17. The number of carbonyl (C=O) groups excluding carboxylic acids is 3. The largest absolute Gasteiger partial charge is 0.458 e. The molecule has 0 bridgehead atoms. The molecule has 6 atom stereocenters. The third-order valence-corrected chi connectivity index (χ3v) is 8.83. The maximum atomic E-state index is 13.3. The summed E-state index contributed by atoms with van der Waals surface area (Å²) >= 11 is 3.27. The highest BCUT2D eigenvalue weighted by Gasteiger charge is 2.59. The van der Waals surface area contributed by atoms with Crippen LogP contribution in [0.5, 0.6) is 0 Å². The van der Waals surface area contributed by atoms with Gasteiger partial charge < -0.3 is 4.74 Å². The molecule has 0 aromatic heterocycles. The number of ether oxygens (including phenoxy) is 1. The number of rotatable bonds is 4. The van der Waals surface area contributed by atoms with E-state index in [9.17, 15) is 14.4 Å². The number of Topliss-reactive ketones (excluding diaryl/α,β-unsaturated/α-hetero) is 2.